The second-order valence-corrected chi connectivity index (χ2v) is 7.85. The molecule has 4 rings (SSSR count). The van der Waals surface area contributed by atoms with Crippen molar-refractivity contribution in [1.82, 2.24) is 14.9 Å². The first-order valence-electron chi connectivity index (χ1n) is 10.4. The molecule has 0 unspecified atom stereocenters. The predicted molar refractivity (Wildman–Crippen MR) is 115 cm³/mol. The smallest absolute Gasteiger partial charge is 0.255 e. The van der Waals surface area contributed by atoms with E-state index in [1.807, 2.05) is 0 Å². The lowest BCUT2D eigenvalue weighted by Crippen LogP contribution is -2.44. The molecule has 9 heteroatoms. The van der Waals surface area contributed by atoms with Crippen molar-refractivity contribution in [3.05, 3.63) is 41.9 Å². The van der Waals surface area contributed by atoms with Crippen LogP contribution >= 0.6 is 0 Å². The maximum Gasteiger partial charge on any atom is 0.255 e. The van der Waals surface area contributed by atoms with Gasteiger partial charge in [-0.25, -0.2) is 4.98 Å². The fourth-order valence-corrected chi connectivity index (χ4v) is 3.89. The number of carbonyl (C=O) groups excluding carboxylic acids is 2. The Morgan fingerprint density at radius 2 is 2.13 bits per heavy atom. The van der Waals surface area contributed by atoms with Gasteiger partial charge in [0.2, 0.25) is 5.91 Å². The van der Waals surface area contributed by atoms with Gasteiger partial charge in [-0.1, -0.05) is 0 Å². The van der Waals surface area contributed by atoms with Gasteiger partial charge in [0.05, 0.1) is 37.1 Å². The highest BCUT2D eigenvalue weighted by molar-refractivity contribution is 6.04. The topological polar surface area (TPSA) is 96.9 Å². The summed E-state index contributed by atoms with van der Waals surface area (Å²) in [5, 5.41) is 3.05. The first-order chi connectivity index (χ1) is 15.0. The Bertz CT molecular complexity index is 961. The van der Waals surface area contributed by atoms with Gasteiger partial charge in [-0.2, -0.15) is 0 Å². The number of hydrogen-bond acceptors (Lipinski definition) is 7. The van der Waals surface area contributed by atoms with Crippen LogP contribution in [0.3, 0.4) is 0 Å². The van der Waals surface area contributed by atoms with Gasteiger partial charge in [0.25, 0.3) is 5.91 Å². The van der Waals surface area contributed by atoms with Gasteiger partial charge in [0.1, 0.15) is 11.6 Å². The van der Waals surface area contributed by atoms with E-state index in [9.17, 15) is 9.59 Å². The molecule has 4 heterocycles. The van der Waals surface area contributed by atoms with Gasteiger partial charge in [0, 0.05) is 45.3 Å². The van der Waals surface area contributed by atoms with Crippen LogP contribution in [0.5, 0.6) is 5.75 Å². The van der Waals surface area contributed by atoms with E-state index >= 15 is 0 Å². The van der Waals surface area contributed by atoms with E-state index in [1.165, 1.54) is 0 Å². The summed E-state index contributed by atoms with van der Waals surface area (Å²) in [5.74, 6) is 1.49. The summed E-state index contributed by atoms with van der Waals surface area (Å²) in [5.41, 5.74) is 1.80. The van der Waals surface area contributed by atoms with Crippen molar-refractivity contribution in [3.8, 4) is 5.75 Å². The molecular formula is C22H27N5O4. The maximum atomic E-state index is 13.1. The van der Waals surface area contributed by atoms with Crippen molar-refractivity contribution < 1.29 is 19.1 Å². The maximum absolute atomic E-state index is 13.1. The van der Waals surface area contributed by atoms with E-state index in [2.05, 4.69) is 15.3 Å². The number of nitrogens with one attached hydrogen (secondary N) is 1. The number of amides is 2. The predicted octanol–water partition coefficient (Wildman–Crippen LogP) is 1.94. The van der Waals surface area contributed by atoms with Crippen molar-refractivity contribution in [2.24, 2.45) is 5.92 Å². The van der Waals surface area contributed by atoms with Gasteiger partial charge in [-0.05, 0) is 30.9 Å². The Balaban J connectivity index is 1.52. The number of hydrogen-bond donors (Lipinski definition) is 1. The lowest BCUT2D eigenvalue weighted by molar-refractivity contribution is -0.117. The minimum Gasteiger partial charge on any atom is -0.497 e. The zero-order valence-electron chi connectivity index (χ0n) is 17.8. The summed E-state index contributed by atoms with van der Waals surface area (Å²) in [4.78, 5) is 37.7. The van der Waals surface area contributed by atoms with Crippen LogP contribution in [0.15, 0.2) is 30.6 Å². The van der Waals surface area contributed by atoms with Crippen LogP contribution < -0.4 is 15.0 Å². The molecule has 1 fully saturated rings. The number of rotatable bonds is 6. The highest BCUT2D eigenvalue weighted by Gasteiger charge is 2.29. The number of aromatic nitrogens is 2. The van der Waals surface area contributed by atoms with Crippen LogP contribution in [0, 0.1) is 5.92 Å². The normalized spacial score (nSPS) is 16.5. The molecule has 0 atom stereocenters. The summed E-state index contributed by atoms with van der Waals surface area (Å²) in [6, 6.07) is 5.31. The summed E-state index contributed by atoms with van der Waals surface area (Å²) in [7, 11) is 3.31. The molecule has 31 heavy (non-hydrogen) atoms. The zero-order chi connectivity index (χ0) is 21.8. The monoisotopic (exact) mass is 425 g/mol. The average molecular weight is 425 g/mol. The zero-order valence-corrected chi connectivity index (χ0v) is 17.8. The first-order valence-corrected chi connectivity index (χ1v) is 10.4. The number of fused-ring (bicyclic) bond motifs is 1. The van der Waals surface area contributed by atoms with E-state index in [4.69, 9.17) is 9.47 Å². The summed E-state index contributed by atoms with van der Waals surface area (Å²) < 4.78 is 10.7. The van der Waals surface area contributed by atoms with Gasteiger partial charge < -0.3 is 24.6 Å². The fourth-order valence-electron chi connectivity index (χ4n) is 3.89. The third kappa shape index (κ3) is 4.77. The van der Waals surface area contributed by atoms with Gasteiger partial charge in [0.15, 0.2) is 0 Å². The second kappa shape index (κ2) is 9.30. The molecule has 0 bridgehead atoms. The molecule has 0 spiro atoms. The van der Waals surface area contributed by atoms with E-state index < -0.39 is 0 Å². The number of anilines is 2. The lowest BCUT2D eigenvalue weighted by atomic mass is 9.99. The van der Waals surface area contributed by atoms with Crippen LogP contribution in [-0.2, 0) is 16.1 Å². The Morgan fingerprint density at radius 3 is 2.90 bits per heavy atom. The molecule has 0 aliphatic carbocycles. The summed E-state index contributed by atoms with van der Waals surface area (Å²) >= 11 is 0. The number of nitrogens with zero attached hydrogens (tertiary/aromatic N) is 4. The van der Waals surface area contributed by atoms with E-state index in [0.717, 1.165) is 31.7 Å². The van der Waals surface area contributed by atoms with Crippen LogP contribution in [0.1, 0.15) is 28.9 Å². The van der Waals surface area contributed by atoms with Gasteiger partial charge >= 0.3 is 0 Å². The molecule has 2 amide bonds. The van der Waals surface area contributed by atoms with Crippen molar-refractivity contribution >= 4 is 23.3 Å². The Morgan fingerprint density at radius 1 is 1.32 bits per heavy atom. The highest BCUT2D eigenvalue weighted by Crippen LogP contribution is 2.31. The van der Waals surface area contributed by atoms with Crippen LogP contribution in [0.25, 0.3) is 0 Å². The Kier molecular flexibility index (Phi) is 6.31. The van der Waals surface area contributed by atoms with Crippen LogP contribution in [0.4, 0.5) is 11.5 Å². The van der Waals surface area contributed by atoms with E-state index in [0.29, 0.717) is 41.8 Å². The minimum absolute atomic E-state index is 0.0145. The molecule has 9 nitrogen and oxygen atoms in total. The highest BCUT2D eigenvalue weighted by atomic mass is 16.5. The van der Waals surface area contributed by atoms with Crippen LogP contribution in [-0.4, -0.2) is 67.1 Å². The largest absolute Gasteiger partial charge is 0.497 e. The molecule has 2 aromatic heterocycles. The molecule has 164 valence electrons. The van der Waals surface area contributed by atoms with Crippen molar-refractivity contribution in [2.45, 2.75) is 19.4 Å². The van der Waals surface area contributed by atoms with Gasteiger partial charge in [-0.3, -0.25) is 14.6 Å². The molecule has 1 saturated heterocycles. The number of methoxy groups -OCH3 is 1. The van der Waals surface area contributed by atoms with Crippen molar-refractivity contribution in [2.75, 3.05) is 50.7 Å². The number of pyridine rings is 2. The molecular weight excluding hydrogens is 398 g/mol. The third-order valence-corrected chi connectivity index (χ3v) is 5.66. The van der Waals surface area contributed by atoms with Crippen molar-refractivity contribution in [3.63, 3.8) is 0 Å². The average Bonchev–Trinajstić information content (AvgIpc) is 2.81. The molecule has 2 aliphatic heterocycles. The standard InChI is InChI=1S/C22H27N5O4/c1-26(14-17-10-18(30-2)3-6-23-17)22(29)16-9-19-21(24-11-16)25-12-20(28)27(19)13-15-4-7-31-8-5-15/h3,6,9-11,15H,4-5,7-8,12-14H2,1-2H3,(H,24,25). The summed E-state index contributed by atoms with van der Waals surface area (Å²) in [6.07, 6.45) is 5.05. The Hall–Kier alpha value is -3.20. The second-order valence-electron chi connectivity index (χ2n) is 7.85. The fraction of sp³-hybridized carbons (Fsp3) is 0.455. The lowest BCUT2D eigenvalue weighted by Gasteiger charge is -2.34. The summed E-state index contributed by atoms with van der Waals surface area (Å²) in [6.45, 7) is 2.59. The quantitative estimate of drug-likeness (QED) is 0.755. The Labute approximate surface area is 181 Å². The van der Waals surface area contributed by atoms with Crippen molar-refractivity contribution in [1.29, 1.82) is 0 Å². The first kappa shape index (κ1) is 21.0. The molecule has 2 aromatic rings. The molecule has 0 radical (unpaired) electrons. The van der Waals surface area contributed by atoms with Crippen LogP contribution in [0.2, 0.25) is 0 Å². The molecule has 0 aromatic carbocycles. The number of carbonyl (C=O) groups is 2. The molecule has 2 aliphatic rings. The van der Waals surface area contributed by atoms with E-state index in [1.54, 1.807) is 54.6 Å². The minimum atomic E-state index is -0.191. The number of ether oxygens (including phenoxy) is 2. The van der Waals surface area contributed by atoms with E-state index in [-0.39, 0.29) is 18.4 Å². The SMILES string of the molecule is COc1ccnc(CN(C)C(=O)c2cnc3c(c2)N(CC2CCOCC2)C(=O)CN3)c1. The molecule has 1 N–H and O–H groups in total. The third-order valence-electron chi connectivity index (χ3n) is 5.66. The van der Waals surface area contributed by atoms with Gasteiger partial charge in [-0.15, -0.1) is 0 Å². The molecule has 0 saturated carbocycles.